The molecule has 96 valence electrons. The van der Waals surface area contributed by atoms with Crippen LogP contribution in [0.15, 0.2) is 23.6 Å². The first-order valence-corrected chi connectivity index (χ1v) is 6.42. The lowest BCUT2D eigenvalue weighted by Gasteiger charge is -2.07. The highest BCUT2D eigenvalue weighted by molar-refractivity contribution is 7.03. The summed E-state index contributed by atoms with van der Waals surface area (Å²) in [4.78, 5) is 11.9. The molecule has 2 rings (SSSR count). The van der Waals surface area contributed by atoms with Gasteiger partial charge in [0.25, 0.3) is 5.91 Å². The number of nitrogens with zero attached hydrogens (tertiary/aromatic N) is 2. The molecule has 0 saturated carbocycles. The Bertz CT molecular complexity index is 640. The second-order valence-electron chi connectivity index (χ2n) is 3.78. The van der Waals surface area contributed by atoms with Gasteiger partial charge in [-0.05, 0) is 36.2 Å². The van der Waals surface area contributed by atoms with Crippen molar-refractivity contribution in [1.29, 1.82) is 0 Å². The van der Waals surface area contributed by atoms with Gasteiger partial charge in [0.05, 0.1) is 6.54 Å². The van der Waals surface area contributed by atoms with Gasteiger partial charge in [-0.1, -0.05) is 22.4 Å². The van der Waals surface area contributed by atoms with Crippen LogP contribution in [0.5, 0.6) is 0 Å². The quantitative estimate of drug-likeness (QED) is 0.810. The monoisotopic (exact) mass is 272 g/mol. The van der Waals surface area contributed by atoms with Crippen molar-refractivity contribution in [3.05, 3.63) is 40.4 Å². The maximum Gasteiger partial charge on any atom is 0.277 e. The molecular weight excluding hydrogens is 260 g/mol. The van der Waals surface area contributed by atoms with Crippen molar-refractivity contribution in [2.75, 3.05) is 11.9 Å². The average molecular weight is 272 g/mol. The molecule has 0 atom stereocenters. The number of hydrogen-bond donors (Lipinski definition) is 2. The number of nitrogens with one attached hydrogen (secondary N) is 1. The van der Waals surface area contributed by atoms with E-state index in [1.165, 1.54) is 0 Å². The van der Waals surface area contributed by atoms with Crippen molar-refractivity contribution in [2.24, 2.45) is 5.73 Å². The zero-order valence-electron chi connectivity index (χ0n) is 10.3. The number of hydrogen-bond acceptors (Lipinski definition) is 5. The number of carbonyl (C=O) groups is 1. The highest BCUT2D eigenvalue weighted by Gasteiger charge is 2.10. The topological polar surface area (TPSA) is 80.9 Å². The van der Waals surface area contributed by atoms with Gasteiger partial charge in [-0.2, -0.15) is 0 Å². The number of aromatic nitrogens is 2. The third-order valence-corrected chi connectivity index (χ3v) is 2.92. The lowest BCUT2D eigenvalue weighted by molar-refractivity contribution is 0.102. The molecule has 1 amide bonds. The molecule has 2 aromatic rings. The summed E-state index contributed by atoms with van der Waals surface area (Å²) in [5.41, 5.74) is 8.11. The number of amides is 1. The van der Waals surface area contributed by atoms with E-state index in [4.69, 9.17) is 5.73 Å². The average Bonchev–Trinajstić information content (AvgIpc) is 2.93. The van der Waals surface area contributed by atoms with E-state index in [9.17, 15) is 4.79 Å². The molecule has 1 heterocycles. The molecule has 6 heteroatoms. The first kappa shape index (κ1) is 13.2. The first-order chi connectivity index (χ1) is 9.20. The van der Waals surface area contributed by atoms with Crippen molar-refractivity contribution >= 4 is 23.1 Å². The summed E-state index contributed by atoms with van der Waals surface area (Å²) in [6.45, 7) is 2.22. The third kappa shape index (κ3) is 3.37. The summed E-state index contributed by atoms with van der Waals surface area (Å²) in [6, 6.07) is 5.60. The Balaban J connectivity index is 2.22. The van der Waals surface area contributed by atoms with Gasteiger partial charge in [-0.25, -0.2) is 0 Å². The van der Waals surface area contributed by atoms with Crippen LogP contribution >= 0.6 is 11.5 Å². The summed E-state index contributed by atoms with van der Waals surface area (Å²) in [5.74, 6) is 5.43. The standard InChI is InChI=1S/C13H12N4OS/c1-9-4-5-10(3-2-6-14)7-11(9)15-13(18)12-8-19-17-16-12/h4-5,7-8H,6,14H2,1H3,(H,15,18). The molecule has 0 unspecified atom stereocenters. The van der Waals surface area contributed by atoms with Crippen LogP contribution in [0.25, 0.3) is 0 Å². The molecular formula is C13H12N4OS. The molecule has 0 fully saturated rings. The molecule has 0 aliphatic heterocycles. The second kappa shape index (κ2) is 6.09. The third-order valence-electron chi connectivity index (χ3n) is 2.41. The molecule has 5 nitrogen and oxygen atoms in total. The minimum absolute atomic E-state index is 0.277. The van der Waals surface area contributed by atoms with Crippen LogP contribution in [-0.2, 0) is 0 Å². The Kier molecular flexibility index (Phi) is 4.23. The maximum absolute atomic E-state index is 11.9. The molecule has 0 aliphatic rings. The summed E-state index contributed by atoms with van der Waals surface area (Å²) >= 11 is 1.14. The van der Waals surface area contributed by atoms with E-state index in [-0.39, 0.29) is 5.91 Å². The molecule has 0 aliphatic carbocycles. The van der Waals surface area contributed by atoms with Crippen LogP contribution in [0, 0.1) is 18.8 Å². The van der Waals surface area contributed by atoms with E-state index in [0.717, 1.165) is 22.7 Å². The van der Waals surface area contributed by atoms with Crippen molar-refractivity contribution in [3.8, 4) is 11.8 Å². The Morgan fingerprint density at radius 2 is 2.37 bits per heavy atom. The first-order valence-electron chi connectivity index (χ1n) is 5.58. The van der Waals surface area contributed by atoms with Gasteiger partial charge in [-0.15, -0.1) is 5.10 Å². The molecule has 3 N–H and O–H groups in total. The normalized spacial score (nSPS) is 9.58. The van der Waals surface area contributed by atoms with Crippen LogP contribution < -0.4 is 11.1 Å². The lowest BCUT2D eigenvalue weighted by atomic mass is 10.1. The van der Waals surface area contributed by atoms with E-state index < -0.39 is 0 Å². The zero-order chi connectivity index (χ0) is 13.7. The molecule has 0 spiro atoms. The second-order valence-corrected chi connectivity index (χ2v) is 4.39. The Labute approximate surface area is 115 Å². The smallest absolute Gasteiger partial charge is 0.277 e. The number of carbonyl (C=O) groups excluding carboxylic acids is 1. The predicted octanol–water partition coefficient (Wildman–Crippen LogP) is 1.41. The van der Waals surface area contributed by atoms with Crippen LogP contribution in [0.1, 0.15) is 21.6 Å². The van der Waals surface area contributed by atoms with Gasteiger partial charge in [-0.3, -0.25) is 4.79 Å². The lowest BCUT2D eigenvalue weighted by Crippen LogP contribution is -2.13. The Hall–Kier alpha value is -2.23. The fraction of sp³-hybridized carbons (Fsp3) is 0.154. The van der Waals surface area contributed by atoms with E-state index in [1.54, 1.807) is 5.38 Å². The van der Waals surface area contributed by atoms with Crippen LogP contribution in [0.3, 0.4) is 0 Å². The van der Waals surface area contributed by atoms with Crippen molar-refractivity contribution in [3.63, 3.8) is 0 Å². The summed E-state index contributed by atoms with van der Waals surface area (Å²) in [5, 5.41) is 8.12. The number of rotatable bonds is 2. The van der Waals surface area contributed by atoms with E-state index in [1.807, 2.05) is 25.1 Å². The SMILES string of the molecule is Cc1ccc(C#CCN)cc1NC(=O)c1csnn1. The predicted molar refractivity (Wildman–Crippen MR) is 75.0 cm³/mol. The molecule has 0 bridgehead atoms. The van der Waals surface area contributed by atoms with E-state index in [2.05, 4.69) is 26.7 Å². The van der Waals surface area contributed by atoms with Gasteiger partial charge in [0.2, 0.25) is 0 Å². The molecule has 0 radical (unpaired) electrons. The van der Waals surface area contributed by atoms with Gasteiger partial charge in [0.15, 0.2) is 5.69 Å². The van der Waals surface area contributed by atoms with Crippen molar-refractivity contribution < 1.29 is 4.79 Å². The Morgan fingerprint density at radius 1 is 1.53 bits per heavy atom. The summed E-state index contributed by atoms with van der Waals surface area (Å²) in [6.07, 6.45) is 0. The number of aryl methyl sites for hydroxylation is 1. The van der Waals surface area contributed by atoms with Crippen molar-refractivity contribution in [1.82, 2.24) is 9.59 Å². The minimum atomic E-state index is -0.277. The molecule has 19 heavy (non-hydrogen) atoms. The van der Waals surface area contributed by atoms with Crippen molar-refractivity contribution in [2.45, 2.75) is 6.92 Å². The molecule has 0 saturated heterocycles. The largest absolute Gasteiger partial charge is 0.320 e. The number of benzene rings is 1. The molecule has 1 aromatic heterocycles. The highest BCUT2D eigenvalue weighted by atomic mass is 32.1. The van der Waals surface area contributed by atoms with Crippen LogP contribution in [0.2, 0.25) is 0 Å². The Morgan fingerprint density at radius 3 is 3.05 bits per heavy atom. The zero-order valence-corrected chi connectivity index (χ0v) is 11.1. The fourth-order valence-corrected chi connectivity index (χ4v) is 1.87. The maximum atomic E-state index is 11.9. The van der Waals surface area contributed by atoms with Gasteiger partial charge in [0.1, 0.15) is 0 Å². The van der Waals surface area contributed by atoms with Crippen LogP contribution in [-0.4, -0.2) is 22.0 Å². The van der Waals surface area contributed by atoms with E-state index in [0.29, 0.717) is 17.9 Å². The van der Waals surface area contributed by atoms with Gasteiger partial charge >= 0.3 is 0 Å². The summed E-state index contributed by atoms with van der Waals surface area (Å²) < 4.78 is 3.66. The van der Waals surface area contributed by atoms with Gasteiger partial charge < -0.3 is 11.1 Å². The number of anilines is 1. The fourth-order valence-electron chi connectivity index (χ4n) is 1.44. The van der Waals surface area contributed by atoms with Gasteiger partial charge in [0, 0.05) is 16.6 Å². The summed E-state index contributed by atoms with van der Waals surface area (Å²) in [7, 11) is 0. The minimum Gasteiger partial charge on any atom is -0.320 e. The molecule has 1 aromatic carbocycles. The van der Waals surface area contributed by atoms with E-state index >= 15 is 0 Å². The highest BCUT2D eigenvalue weighted by Crippen LogP contribution is 2.17. The van der Waals surface area contributed by atoms with Crippen LogP contribution in [0.4, 0.5) is 5.69 Å². The number of nitrogens with two attached hydrogens (primary N) is 1.